The number of anilines is 2. The smallest absolute Gasteiger partial charge is 0.410 e. The van der Waals surface area contributed by atoms with Crippen LogP contribution in [0.2, 0.25) is 5.02 Å². The number of amides is 3. The number of aryl methyl sites for hydroxylation is 1. The summed E-state index contributed by atoms with van der Waals surface area (Å²) < 4.78 is 6.10. The molecule has 9 nitrogen and oxygen atoms in total. The second-order valence-electron chi connectivity index (χ2n) is 13.4. The molecular formula is C35H46ClN5O4. The predicted octanol–water partition coefficient (Wildman–Crippen LogP) is 5.15. The van der Waals surface area contributed by atoms with Crippen molar-refractivity contribution in [3.8, 4) is 0 Å². The highest BCUT2D eigenvalue weighted by molar-refractivity contribution is 6.33. The van der Waals surface area contributed by atoms with Crippen LogP contribution in [0.5, 0.6) is 0 Å². The van der Waals surface area contributed by atoms with E-state index in [1.54, 1.807) is 11.0 Å². The SMILES string of the molecule is CCc1cc(C[C@@H](OC(=O)N2CCC3(CC2)CC(=O)Nc2ccccc23)C(=O)N2CCC(C3CCNCC3)CC2)cc(Cl)c1N. The zero-order chi connectivity index (χ0) is 31.6. The second kappa shape index (κ2) is 13.6. The highest BCUT2D eigenvalue weighted by Gasteiger charge is 2.44. The Morgan fingerprint density at radius 1 is 1.02 bits per heavy atom. The van der Waals surface area contributed by atoms with Gasteiger partial charge < -0.3 is 30.9 Å². The van der Waals surface area contributed by atoms with Crippen molar-refractivity contribution in [1.29, 1.82) is 0 Å². The van der Waals surface area contributed by atoms with Crippen LogP contribution < -0.4 is 16.4 Å². The maximum Gasteiger partial charge on any atom is 0.410 e. The summed E-state index contributed by atoms with van der Waals surface area (Å²) in [6.07, 6.45) is 5.56. The Morgan fingerprint density at radius 2 is 1.71 bits per heavy atom. The van der Waals surface area contributed by atoms with Crippen LogP contribution in [0.15, 0.2) is 36.4 Å². The van der Waals surface area contributed by atoms with Crippen LogP contribution in [-0.4, -0.2) is 73.1 Å². The molecule has 242 valence electrons. The lowest BCUT2D eigenvalue weighted by Gasteiger charge is -2.44. The zero-order valence-electron chi connectivity index (χ0n) is 26.3. The highest BCUT2D eigenvalue weighted by Crippen LogP contribution is 2.45. The quantitative estimate of drug-likeness (QED) is 0.378. The van der Waals surface area contributed by atoms with Crippen LogP contribution in [0.1, 0.15) is 68.6 Å². The first-order valence-electron chi connectivity index (χ1n) is 16.7. The molecule has 6 rings (SSSR count). The van der Waals surface area contributed by atoms with Crippen molar-refractivity contribution in [3.05, 3.63) is 58.1 Å². The van der Waals surface area contributed by atoms with Gasteiger partial charge in [-0.1, -0.05) is 42.8 Å². The normalized spacial score (nSPS) is 21.2. The van der Waals surface area contributed by atoms with Gasteiger partial charge in [0.15, 0.2) is 6.10 Å². The summed E-state index contributed by atoms with van der Waals surface area (Å²) in [5.41, 5.74) is 10.2. The third-order valence-electron chi connectivity index (χ3n) is 10.7. The molecule has 4 N–H and O–H groups in total. The first-order valence-corrected chi connectivity index (χ1v) is 17.1. The summed E-state index contributed by atoms with van der Waals surface area (Å²) in [6, 6.07) is 11.7. The van der Waals surface area contributed by atoms with Gasteiger partial charge in [0.05, 0.1) is 10.7 Å². The molecule has 10 heteroatoms. The molecule has 0 aliphatic carbocycles. The Balaban J connectivity index is 1.15. The van der Waals surface area contributed by atoms with E-state index in [9.17, 15) is 14.4 Å². The third kappa shape index (κ3) is 6.80. The number of fused-ring (bicyclic) bond motifs is 2. The van der Waals surface area contributed by atoms with Crippen LogP contribution in [0.4, 0.5) is 16.2 Å². The minimum atomic E-state index is -0.964. The number of rotatable bonds is 6. The van der Waals surface area contributed by atoms with Gasteiger partial charge in [0.25, 0.3) is 5.91 Å². The van der Waals surface area contributed by atoms with Gasteiger partial charge in [0.1, 0.15) is 0 Å². The molecule has 3 fully saturated rings. The van der Waals surface area contributed by atoms with Crippen LogP contribution in [-0.2, 0) is 32.6 Å². The van der Waals surface area contributed by atoms with Gasteiger partial charge in [0.2, 0.25) is 5.91 Å². The Kier molecular flexibility index (Phi) is 9.57. The highest BCUT2D eigenvalue weighted by atomic mass is 35.5. The lowest BCUT2D eigenvalue weighted by molar-refractivity contribution is -0.142. The number of benzene rings is 2. The molecule has 1 spiro atoms. The maximum atomic E-state index is 14.0. The number of piperidine rings is 3. The molecule has 4 aliphatic heterocycles. The van der Waals surface area contributed by atoms with E-state index in [2.05, 4.69) is 16.7 Å². The van der Waals surface area contributed by atoms with Crippen molar-refractivity contribution in [2.75, 3.05) is 50.3 Å². The van der Waals surface area contributed by atoms with E-state index in [-0.39, 0.29) is 23.7 Å². The van der Waals surface area contributed by atoms with Crippen LogP contribution in [0, 0.1) is 11.8 Å². The van der Waals surface area contributed by atoms with Gasteiger partial charge >= 0.3 is 6.09 Å². The van der Waals surface area contributed by atoms with Crippen molar-refractivity contribution in [3.63, 3.8) is 0 Å². The molecule has 2 aromatic carbocycles. The number of carbonyl (C=O) groups excluding carboxylic acids is 3. The van der Waals surface area contributed by atoms with E-state index in [0.717, 1.165) is 48.3 Å². The Labute approximate surface area is 271 Å². The second-order valence-corrected chi connectivity index (χ2v) is 13.8. The molecule has 1 atom stereocenters. The lowest BCUT2D eigenvalue weighted by Crippen LogP contribution is -2.51. The molecule has 0 saturated carbocycles. The van der Waals surface area contributed by atoms with E-state index in [4.69, 9.17) is 22.1 Å². The molecule has 0 unspecified atom stereocenters. The molecule has 3 amide bonds. The largest absolute Gasteiger partial charge is 0.436 e. The Bertz CT molecular complexity index is 1410. The van der Waals surface area contributed by atoms with E-state index in [1.807, 2.05) is 36.1 Å². The number of nitrogens with two attached hydrogens (primary N) is 1. The van der Waals surface area contributed by atoms with Crippen molar-refractivity contribution in [1.82, 2.24) is 15.1 Å². The van der Waals surface area contributed by atoms with Crippen LogP contribution in [0.3, 0.4) is 0 Å². The van der Waals surface area contributed by atoms with Crippen LogP contribution >= 0.6 is 11.6 Å². The molecule has 45 heavy (non-hydrogen) atoms. The van der Waals surface area contributed by atoms with Gasteiger partial charge in [-0.2, -0.15) is 0 Å². The molecule has 0 radical (unpaired) electrons. The van der Waals surface area contributed by atoms with E-state index in [1.165, 1.54) is 12.8 Å². The molecule has 4 aliphatic rings. The van der Waals surface area contributed by atoms with Gasteiger partial charge in [-0.25, -0.2) is 4.79 Å². The number of nitrogens with one attached hydrogen (secondary N) is 2. The van der Waals surface area contributed by atoms with Crippen molar-refractivity contribution < 1.29 is 19.1 Å². The van der Waals surface area contributed by atoms with Gasteiger partial charge in [-0.3, -0.25) is 9.59 Å². The zero-order valence-corrected chi connectivity index (χ0v) is 27.0. The molecule has 2 aromatic rings. The van der Waals surface area contributed by atoms with Crippen molar-refractivity contribution in [2.24, 2.45) is 11.8 Å². The number of halogens is 1. The monoisotopic (exact) mass is 635 g/mol. The van der Waals surface area contributed by atoms with Crippen molar-refractivity contribution in [2.45, 2.75) is 76.2 Å². The fourth-order valence-corrected chi connectivity index (χ4v) is 8.32. The number of para-hydroxylation sites is 1. The maximum absolute atomic E-state index is 14.0. The van der Waals surface area contributed by atoms with Crippen LogP contribution in [0.25, 0.3) is 0 Å². The molecule has 4 heterocycles. The number of hydrogen-bond donors (Lipinski definition) is 3. The number of hydrogen-bond acceptors (Lipinski definition) is 6. The lowest BCUT2D eigenvalue weighted by atomic mass is 9.68. The summed E-state index contributed by atoms with van der Waals surface area (Å²) in [5.74, 6) is 1.20. The Hall–Kier alpha value is -3.30. The first kappa shape index (κ1) is 31.7. The number of nitrogens with zero attached hydrogens (tertiary/aromatic N) is 2. The first-order chi connectivity index (χ1) is 21.8. The van der Waals surface area contributed by atoms with Gasteiger partial charge in [-0.15, -0.1) is 0 Å². The summed E-state index contributed by atoms with van der Waals surface area (Å²) in [4.78, 5) is 43.9. The molecule has 3 saturated heterocycles. The van der Waals surface area contributed by atoms with Crippen molar-refractivity contribution >= 4 is 40.9 Å². The minimum absolute atomic E-state index is 0.00733. The summed E-state index contributed by atoms with van der Waals surface area (Å²) >= 11 is 6.47. The summed E-state index contributed by atoms with van der Waals surface area (Å²) in [7, 11) is 0. The van der Waals surface area contributed by atoms with E-state index >= 15 is 0 Å². The average Bonchev–Trinajstić information content (AvgIpc) is 3.06. The standard InChI is InChI=1S/C35H46ClN5O4/c1-2-24-19-23(20-28(36)32(24)37)21-30(33(43)40-15-9-26(10-16-40)25-7-13-38-14-8-25)45-34(44)41-17-11-35(12-18-41)22-31(42)39-29-6-4-3-5-27(29)35/h3-6,19-20,25-26,30,38H,2,7-18,21-22,37H2,1H3,(H,39,42)/t30-/m1/s1. The molecule has 0 aromatic heterocycles. The Morgan fingerprint density at radius 3 is 2.42 bits per heavy atom. The molecule has 0 bridgehead atoms. The average molecular weight is 636 g/mol. The number of nitrogen functional groups attached to an aromatic ring is 1. The minimum Gasteiger partial charge on any atom is -0.436 e. The fraction of sp³-hybridized carbons (Fsp3) is 0.571. The number of ether oxygens (including phenoxy) is 1. The summed E-state index contributed by atoms with van der Waals surface area (Å²) in [5, 5.41) is 6.89. The topological polar surface area (TPSA) is 117 Å². The number of carbonyl (C=O) groups is 3. The van der Waals surface area contributed by atoms with E-state index in [0.29, 0.717) is 74.4 Å². The third-order valence-corrected chi connectivity index (χ3v) is 11.1. The van der Waals surface area contributed by atoms with Gasteiger partial charge in [-0.05, 0) is 98.7 Å². The fourth-order valence-electron chi connectivity index (χ4n) is 8.06. The van der Waals surface area contributed by atoms with Gasteiger partial charge in [0, 0.05) is 50.1 Å². The molecular weight excluding hydrogens is 590 g/mol. The van der Waals surface area contributed by atoms with E-state index < -0.39 is 12.2 Å². The summed E-state index contributed by atoms with van der Waals surface area (Å²) in [6.45, 7) is 6.42. The predicted molar refractivity (Wildman–Crippen MR) is 176 cm³/mol. The number of likely N-dealkylation sites (tertiary alicyclic amines) is 2.